The fraction of sp³-hybridized carbons (Fsp3) is 0.800. The number of hydrazine groups is 1. The lowest BCUT2D eigenvalue weighted by Gasteiger charge is -2.46. The van der Waals surface area contributed by atoms with Gasteiger partial charge >= 0.3 is 0 Å². The third-order valence-corrected chi connectivity index (χ3v) is 3.32. The molecule has 1 aliphatic heterocycles. The maximum Gasteiger partial charge on any atom is 0.113 e. The lowest BCUT2D eigenvalue weighted by molar-refractivity contribution is -0.0985. The number of ether oxygens (including phenoxy) is 2. The van der Waals surface area contributed by atoms with Crippen molar-refractivity contribution in [2.45, 2.75) is 37.3 Å². The first-order valence-electron chi connectivity index (χ1n) is 5.16. The quantitative estimate of drug-likeness (QED) is 0.515. The minimum absolute atomic E-state index is 0.0174. The molecular weight excluding hydrogens is 180 g/mol. The van der Waals surface area contributed by atoms with Gasteiger partial charge in [-0.15, -0.1) is 0 Å². The van der Waals surface area contributed by atoms with Crippen LogP contribution in [-0.2, 0) is 9.47 Å². The summed E-state index contributed by atoms with van der Waals surface area (Å²) in [5, 5.41) is 0. The molecule has 1 unspecified atom stereocenters. The topological polar surface area (TPSA) is 56.5 Å². The van der Waals surface area contributed by atoms with Crippen LogP contribution in [0.25, 0.3) is 0 Å². The van der Waals surface area contributed by atoms with Crippen molar-refractivity contribution in [1.29, 1.82) is 0 Å². The van der Waals surface area contributed by atoms with Gasteiger partial charge in [0.1, 0.15) is 11.8 Å². The first-order valence-corrected chi connectivity index (χ1v) is 5.16. The molecule has 4 nitrogen and oxygen atoms in total. The number of hydrogen-bond acceptors (Lipinski definition) is 4. The molecule has 1 atom stereocenters. The molecular formula is C10H18N2O2. The molecule has 2 aliphatic rings. The van der Waals surface area contributed by atoms with E-state index in [0.29, 0.717) is 0 Å². The van der Waals surface area contributed by atoms with Crippen LogP contribution in [0, 0.1) is 0 Å². The van der Waals surface area contributed by atoms with Crippen molar-refractivity contribution in [1.82, 2.24) is 5.43 Å². The van der Waals surface area contributed by atoms with Crippen LogP contribution in [0.1, 0.15) is 25.7 Å². The third-order valence-electron chi connectivity index (χ3n) is 3.32. The van der Waals surface area contributed by atoms with Crippen molar-refractivity contribution in [2.24, 2.45) is 5.84 Å². The first-order chi connectivity index (χ1) is 6.82. The van der Waals surface area contributed by atoms with E-state index in [1.807, 2.05) is 0 Å². The van der Waals surface area contributed by atoms with Crippen LogP contribution in [0.4, 0.5) is 0 Å². The summed E-state index contributed by atoms with van der Waals surface area (Å²) in [6.45, 7) is 0.771. The molecule has 4 heteroatoms. The number of nitrogens with one attached hydrogen (secondary N) is 1. The Morgan fingerprint density at radius 3 is 2.79 bits per heavy atom. The smallest absolute Gasteiger partial charge is 0.113 e. The fourth-order valence-electron chi connectivity index (χ4n) is 2.27. The molecule has 1 aliphatic carbocycles. The Labute approximate surface area is 84.4 Å². The van der Waals surface area contributed by atoms with Gasteiger partial charge in [0.05, 0.1) is 12.2 Å². The summed E-state index contributed by atoms with van der Waals surface area (Å²) in [7, 11) is 1.75. The predicted molar refractivity (Wildman–Crippen MR) is 53.4 cm³/mol. The molecule has 0 aromatic heterocycles. The SMILES string of the molecule is COC1(C(NN)C2=CCCO2)CCC1. The van der Waals surface area contributed by atoms with Gasteiger partial charge in [0.25, 0.3) is 0 Å². The second kappa shape index (κ2) is 3.88. The molecule has 80 valence electrons. The summed E-state index contributed by atoms with van der Waals surface area (Å²) in [6.07, 6.45) is 6.40. The van der Waals surface area contributed by atoms with Crippen LogP contribution in [0.15, 0.2) is 11.8 Å². The van der Waals surface area contributed by atoms with Crippen LogP contribution in [0.5, 0.6) is 0 Å². The molecule has 0 bridgehead atoms. The maximum absolute atomic E-state index is 5.58. The van der Waals surface area contributed by atoms with Crippen LogP contribution in [0.3, 0.4) is 0 Å². The van der Waals surface area contributed by atoms with E-state index in [-0.39, 0.29) is 11.6 Å². The monoisotopic (exact) mass is 198 g/mol. The molecule has 2 rings (SSSR count). The van der Waals surface area contributed by atoms with Gasteiger partial charge in [-0.05, 0) is 25.3 Å². The van der Waals surface area contributed by atoms with E-state index >= 15 is 0 Å². The van der Waals surface area contributed by atoms with E-state index in [9.17, 15) is 0 Å². The van der Waals surface area contributed by atoms with Gasteiger partial charge in [0.15, 0.2) is 0 Å². The molecule has 0 aromatic rings. The number of rotatable bonds is 4. The van der Waals surface area contributed by atoms with Gasteiger partial charge in [-0.25, -0.2) is 5.43 Å². The number of methoxy groups -OCH3 is 1. The zero-order chi connectivity index (χ0) is 10.0. The second-order valence-electron chi connectivity index (χ2n) is 3.97. The normalized spacial score (nSPS) is 26.3. The molecule has 0 aromatic carbocycles. The molecule has 14 heavy (non-hydrogen) atoms. The van der Waals surface area contributed by atoms with Crippen LogP contribution >= 0.6 is 0 Å². The average Bonchev–Trinajstić information content (AvgIpc) is 2.63. The highest BCUT2D eigenvalue weighted by Gasteiger charge is 2.46. The zero-order valence-electron chi connectivity index (χ0n) is 8.58. The largest absolute Gasteiger partial charge is 0.496 e. The molecule has 0 radical (unpaired) electrons. The molecule has 0 amide bonds. The summed E-state index contributed by atoms with van der Waals surface area (Å²) in [6, 6.07) is 0.0174. The maximum atomic E-state index is 5.58. The lowest BCUT2D eigenvalue weighted by atomic mass is 9.74. The molecule has 1 fully saturated rings. The Balaban J connectivity index is 2.11. The van der Waals surface area contributed by atoms with Crippen LogP contribution in [-0.4, -0.2) is 25.4 Å². The molecule has 1 saturated carbocycles. The van der Waals surface area contributed by atoms with E-state index in [1.165, 1.54) is 6.42 Å². The lowest BCUT2D eigenvalue weighted by Crippen LogP contribution is -2.59. The number of hydrogen-bond donors (Lipinski definition) is 2. The van der Waals surface area contributed by atoms with Gasteiger partial charge in [0, 0.05) is 13.5 Å². The zero-order valence-corrected chi connectivity index (χ0v) is 8.58. The van der Waals surface area contributed by atoms with Crippen LogP contribution < -0.4 is 11.3 Å². The van der Waals surface area contributed by atoms with Crippen molar-refractivity contribution in [3.63, 3.8) is 0 Å². The standard InChI is InChI=1S/C10H18N2O2/c1-13-10(5-3-6-10)9(12-11)8-4-2-7-14-8/h4,9,12H,2-3,5-7,11H2,1H3. The molecule has 1 heterocycles. The van der Waals surface area contributed by atoms with Gasteiger partial charge in [0.2, 0.25) is 0 Å². The summed E-state index contributed by atoms with van der Waals surface area (Å²) in [5.41, 5.74) is 2.69. The van der Waals surface area contributed by atoms with Crippen molar-refractivity contribution in [2.75, 3.05) is 13.7 Å². The Bertz CT molecular complexity index is 231. The average molecular weight is 198 g/mol. The van der Waals surface area contributed by atoms with Gasteiger partial charge in [-0.1, -0.05) is 0 Å². The summed E-state index contributed by atoms with van der Waals surface area (Å²) < 4.78 is 11.1. The van der Waals surface area contributed by atoms with E-state index < -0.39 is 0 Å². The third kappa shape index (κ3) is 1.43. The summed E-state index contributed by atoms with van der Waals surface area (Å²) in [5.74, 6) is 6.53. The Kier molecular flexibility index (Phi) is 2.76. The molecule has 0 spiro atoms. The summed E-state index contributed by atoms with van der Waals surface area (Å²) >= 11 is 0. The number of nitrogens with two attached hydrogens (primary N) is 1. The van der Waals surface area contributed by atoms with E-state index in [1.54, 1.807) is 7.11 Å². The molecule has 3 N–H and O–H groups in total. The Morgan fingerprint density at radius 1 is 1.64 bits per heavy atom. The van der Waals surface area contributed by atoms with E-state index in [0.717, 1.165) is 31.6 Å². The Morgan fingerprint density at radius 2 is 2.43 bits per heavy atom. The Hall–Kier alpha value is -0.580. The van der Waals surface area contributed by atoms with Gasteiger partial charge in [-0.2, -0.15) is 0 Å². The van der Waals surface area contributed by atoms with Gasteiger partial charge in [-0.3, -0.25) is 5.84 Å². The predicted octanol–water partition coefficient (Wildman–Crippen LogP) is 0.692. The highest BCUT2D eigenvalue weighted by molar-refractivity contribution is 5.16. The van der Waals surface area contributed by atoms with E-state index in [2.05, 4.69) is 11.5 Å². The van der Waals surface area contributed by atoms with Crippen molar-refractivity contribution >= 4 is 0 Å². The van der Waals surface area contributed by atoms with Crippen molar-refractivity contribution < 1.29 is 9.47 Å². The van der Waals surface area contributed by atoms with Crippen molar-refractivity contribution in [3.8, 4) is 0 Å². The molecule has 0 saturated heterocycles. The minimum Gasteiger partial charge on any atom is -0.496 e. The highest BCUT2D eigenvalue weighted by atomic mass is 16.5. The van der Waals surface area contributed by atoms with E-state index in [4.69, 9.17) is 15.3 Å². The second-order valence-corrected chi connectivity index (χ2v) is 3.97. The highest BCUT2D eigenvalue weighted by Crippen LogP contribution is 2.41. The van der Waals surface area contributed by atoms with Crippen molar-refractivity contribution in [3.05, 3.63) is 11.8 Å². The fourth-order valence-corrected chi connectivity index (χ4v) is 2.27. The van der Waals surface area contributed by atoms with Gasteiger partial charge < -0.3 is 9.47 Å². The first kappa shape index (κ1) is 9.96. The minimum atomic E-state index is -0.134. The van der Waals surface area contributed by atoms with Crippen LogP contribution in [0.2, 0.25) is 0 Å². The summed E-state index contributed by atoms with van der Waals surface area (Å²) in [4.78, 5) is 0.